The molecule has 0 saturated carbocycles. The minimum absolute atomic E-state index is 0.173. The summed E-state index contributed by atoms with van der Waals surface area (Å²) < 4.78 is 1.41. The number of hydrogen-bond donors (Lipinski definition) is 0. The Morgan fingerprint density at radius 1 is 1.44 bits per heavy atom. The first-order valence-electron chi connectivity index (χ1n) is 4.96. The molecule has 0 bridgehead atoms. The summed E-state index contributed by atoms with van der Waals surface area (Å²) in [7, 11) is 0. The predicted octanol–water partition coefficient (Wildman–Crippen LogP) is 2.85. The molecular formula is C10H8Cl2N4O2. The van der Waals surface area contributed by atoms with E-state index in [1.807, 2.05) is 0 Å². The molecule has 2 heterocycles. The van der Waals surface area contributed by atoms with Crippen LogP contribution in [-0.2, 0) is 6.54 Å². The molecule has 0 fully saturated rings. The van der Waals surface area contributed by atoms with E-state index in [1.54, 1.807) is 25.3 Å². The fraction of sp³-hybridized carbons (Fsp3) is 0.200. The van der Waals surface area contributed by atoms with E-state index in [0.29, 0.717) is 21.4 Å². The molecule has 0 saturated heterocycles. The monoisotopic (exact) mass is 286 g/mol. The minimum Gasteiger partial charge on any atom is -0.358 e. The quantitative estimate of drug-likeness (QED) is 0.494. The summed E-state index contributed by atoms with van der Waals surface area (Å²) in [5, 5.41) is 15.3. The Bertz CT molecular complexity index is 612. The normalized spacial score (nSPS) is 10.6. The van der Waals surface area contributed by atoms with E-state index in [0.717, 1.165) is 0 Å². The van der Waals surface area contributed by atoms with Crippen molar-refractivity contribution < 1.29 is 4.92 Å². The van der Waals surface area contributed by atoms with E-state index < -0.39 is 4.92 Å². The Hall–Kier alpha value is -1.66. The molecule has 2 aromatic rings. The minimum atomic E-state index is -0.529. The van der Waals surface area contributed by atoms with E-state index in [9.17, 15) is 10.1 Å². The molecule has 0 atom stereocenters. The third kappa shape index (κ3) is 2.60. The van der Waals surface area contributed by atoms with E-state index >= 15 is 0 Å². The molecule has 0 unspecified atom stereocenters. The number of halogens is 2. The van der Waals surface area contributed by atoms with Crippen LogP contribution in [-0.4, -0.2) is 19.7 Å². The maximum Gasteiger partial charge on any atom is 0.392 e. The fourth-order valence-electron chi connectivity index (χ4n) is 1.49. The fourth-order valence-corrected chi connectivity index (χ4v) is 1.82. The number of nitrogens with zero attached hydrogens (tertiary/aromatic N) is 4. The van der Waals surface area contributed by atoms with E-state index in [1.165, 1.54) is 4.68 Å². The Morgan fingerprint density at radius 3 is 2.78 bits per heavy atom. The highest BCUT2D eigenvalue weighted by Crippen LogP contribution is 2.19. The number of aromatic nitrogens is 3. The molecule has 6 nitrogen and oxygen atoms in total. The molecule has 0 radical (unpaired) electrons. The lowest BCUT2D eigenvalue weighted by molar-refractivity contribution is -0.390. The van der Waals surface area contributed by atoms with Crippen molar-refractivity contribution in [2.24, 2.45) is 0 Å². The van der Waals surface area contributed by atoms with Crippen LogP contribution in [0.3, 0.4) is 0 Å². The van der Waals surface area contributed by atoms with Crippen molar-refractivity contribution in [1.29, 1.82) is 0 Å². The number of hydrogen-bond acceptors (Lipinski definition) is 4. The summed E-state index contributed by atoms with van der Waals surface area (Å²) in [6.45, 7) is 1.85. The number of rotatable bonds is 3. The van der Waals surface area contributed by atoms with Crippen LogP contribution < -0.4 is 0 Å². The second-order valence-electron chi connectivity index (χ2n) is 3.65. The Morgan fingerprint density at radius 2 is 2.17 bits per heavy atom. The highest BCUT2D eigenvalue weighted by Gasteiger charge is 2.18. The Labute approximate surface area is 112 Å². The van der Waals surface area contributed by atoms with Crippen molar-refractivity contribution >= 4 is 29.0 Å². The van der Waals surface area contributed by atoms with Crippen molar-refractivity contribution in [2.75, 3.05) is 0 Å². The maximum absolute atomic E-state index is 10.7. The van der Waals surface area contributed by atoms with Gasteiger partial charge in [-0.3, -0.25) is 0 Å². The lowest BCUT2D eigenvalue weighted by Crippen LogP contribution is -2.04. The first-order chi connectivity index (χ1) is 8.47. The van der Waals surface area contributed by atoms with Crippen LogP contribution in [0, 0.1) is 17.0 Å². The van der Waals surface area contributed by atoms with E-state index in [-0.39, 0.29) is 12.4 Å². The van der Waals surface area contributed by atoms with Gasteiger partial charge in [-0.2, -0.15) is 4.68 Å². The van der Waals surface area contributed by atoms with Gasteiger partial charge in [0, 0.05) is 0 Å². The van der Waals surface area contributed by atoms with Gasteiger partial charge in [-0.25, -0.2) is 4.98 Å². The Balaban J connectivity index is 2.31. The topological polar surface area (TPSA) is 73.8 Å². The van der Waals surface area contributed by atoms with Crippen LogP contribution in [0.1, 0.15) is 11.3 Å². The van der Waals surface area contributed by atoms with Crippen molar-refractivity contribution in [1.82, 2.24) is 14.8 Å². The molecule has 8 heteroatoms. The molecule has 0 N–H and O–H groups in total. The van der Waals surface area contributed by atoms with Gasteiger partial charge in [0.15, 0.2) is 0 Å². The molecule has 94 valence electrons. The van der Waals surface area contributed by atoms with Crippen molar-refractivity contribution in [3.63, 3.8) is 0 Å². The summed E-state index contributed by atoms with van der Waals surface area (Å²) >= 11 is 11.7. The lowest BCUT2D eigenvalue weighted by Gasteiger charge is -2.01. The van der Waals surface area contributed by atoms with Crippen LogP contribution >= 0.6 is 23.2 Å². The van der Waals surface area contributed by atoms with Crippen molar-refractivity contribution in [3.05, 3.63) is 49.9 Å². The molecule has 0 aromatic carbocycles. The number of nitro groups is 1. The van der Waals surface area contributed by atoms with Crippen LogP contribution in [0.15, 0.2) is 18.3 Å². The van der Waals surface area contributed by atoms with Gasteiger partial charge in [-0.15, -0.1) is 0 Å². The molecule has 0 aliphatic heterocycles. The zero-order valence-electron chi connectivity index (χ0n) is 9.30. The SMILES string of the molecule is Cc1cn(Cc2nc(Cl)ccc2Cl)nc1[N+](=O)[O-]. The van der Waals surface area contributed by atoms with Crippen molar-refractivity contribution in [3.8, 4) is 0 Å². The molecule has 0 amide bonds. The van der Waals surface area contributed by atoms with Gasteiger partial charge in [0.05, 0.1) is 27.6 Å². The summed E-state index contributed by atoms with van der Waals surface area (Å²) in [6.07, 6.45) is 1.57. The molecule has 18 heavy (non-hydrogen) atoms. The largest absolute Gasteiger partial charge is 0.392 e. The first-order valence-corrected chi connectivity index (χ1v) is 5.72. The van der Waals surface area contributed by atoms with Crippen LogP contribution in [0.5, 0.6) is 0 Å². The summed E-state index contributed by atoms with van der Waals surface area (Å²) in [6, 6.07) is 3.20. The third-order valence-corrected chi connectivity index (χ3v) is 2.84. The van der Waals surface area contributed by atoms with Gasteiger partial charge in [0.25, 0.3) is 0 Å². The van der Waals surface area contributed by atoms with Crippen LogP contribution in [0.25, 0.3) is 0 Å². The molecule has 0 aliphatic rings. The number of pyridine rings is 1. The van der Waals surface area contributed by atoms with Gasteiger partial charge < -0.3 is 10.1 Å². The molecule has 2 aromatic heterocycles. The van der Waals surface area contributed by atoms with Gasteiger partial charge in [-0.05, 0) is 24.0 Å². The summed E-state index contributed by atoms with van der Waals surface area (Å²) in [4.78, 5) is 14.2. The zero-order chi connectivity index (χ0) is 13.3. The predicted molar refractivity (Wildman–Crippen MR) is 67.0 cm³/mol. The highest BCUT2D eigenvalue weighted by molar-refractivity contribution is 6.32. The number of aryl methyl sites for hydroxylation is 1. The second-order valence-corrected chi connectivity index (χ2v) is 4.45. The van der Waals surface area contributed by atoms with Gasteiger partial charge in [0.2, 0.25) is 0 Å². The lowest BCUT2D eigenvalue weighted by atomic mass is 10.3. The van der Waals surface area contributed by atoms with Crippen molar-refractivity contribution in [2.45, 2.75) is 13.5 Å². The molecule has 2 rings (SSSR count). The van der Waals surface area contributed by atoms with Crippen LogP contribution in [0.2, 0.25) is 10.2 Å². The first kappa shape index (κ1) is 12.8. The summed E-state index contributed by atoms with van der Waals surface area (Å²) in [5.74, 6) is -0.173. The highest BCUT2D eigenvalue weighted by atomic mass is 35.5. The summed E-state index contributed by atoms with van der Waals surface area (Å²) in [5.41, 5.74) is 1.000. The van der Waals surface area contributed by atoms with Crippen LogP contribution in [0.4, 0.5) is 5.82 Å². The molecular weight excluding hydrogens is 279 g/mol. The third-order valence-electron chi connectivity index (χ3n) is 2.29. The molecule has 0 spiro atoms. The zero-order valence-corrected chi connectivity index (χ0v) is 10.8. The van der Waals surface area contributed by atoms with E-state index in [2.05, 4.69) is 10.1 Å². The van der Waals surface area contributed by atoms with Gasteiger partial charge in [0.1, 0.15) is 11.7 Å². The standard InChI is InChI=1S/C10H8Cl2N4O2/c1-6-4-15(14-10(6)16(17)18)5-8-7(11)2-3-9(12)13-8/h2-4H,5H2,1H3. The van der Waals surface area contributed by atoms with Gasteiger partial charge >= 0.3 is 5.82 Å². The van der Waals surface area contributed by atoms with Gasteiger partial charge in [-0.1, -0.05) is 23.2 Å². The smallest absolute Gasteiger partial charge is 0.358 e. The average Bonchev–Trinajstić information content (AvgIpc) is 2.65. The second kappa shape index (κ2) is 4.91. The van der Waals surface area contributed by atoms with E-state index in [4.69, 9.17) is 23.2 Å². The average molecular weight is 287 g/mol. The Kier molecular flexibility index (Phi) is 3.49. The maximum atomic E-state index is 10.7. The molecule has 0 aliphatic carbocycles.